The number of nitrogens with zero attached hydrogens (tertiary/aromatic N) is 2. The molecular formula is C22H32N4O4. The maximum Gasteiger partial charge on any atom is 0.250 e. The molecule has 0 saturated carbocycles. The number of nitrogens with one attached hydrogen (secondary N) is 1. The van der Waals surface area contributed by atoms with E-state index in [1.807, 2.05) is 30.7 Å². The molecule has 0 spiro atoms. The minimum atomic E-state index is -0.491. The summed E-state index contributed by atoms with van der Waals surface area (Å²) < 4.78 is 12.2. The number of aryl methyl sites for hydroxylation is 1. The number of hydrogen-bond donors (Lipinski definition) is 2. The molecule has 0 aliphatic rings. The molecule has 1 heterocycles. The molecule has 1 aromatic carbocycles. The minimum Gasteiger partial charge on any atom is -0.385 e. The van der Waals surface area contributed by atoms with E-state index in [9.17, 15) is 9.59 Å². The maximum atomic E-state index is 11.9. The number of hydrogen-bond acceptors (Lipinski definition) is 6. The lowest BCUT2D eigenvalue weighted by molar-refractivity contribution is -0.109. The van der Waals surface area contributed by atoms with Gasteiger partial charge in [0.2, 0.25) is 0 Å². The zero-order valence-corrected chi connectivity index (χ0v) is 18.2. The van der Waals surface area contributed by atoms with Crippen molar-refractivity contribution in [1.29, 1.82) is 0 Å². The third-order valence-electron chi connectivity index (χ3n) is 5.15. The lowest BCUT2D eigenvalue weighted by atomic mass is 9.98. The summed E-state index contributed by atoms with van der Waals surface area (Å²) in [5.74, 6) is -0.424. The van der Waals surface area contributed by atoms with E-state index in [4.69, 9.17) is 20.3 Å². The van der Waals surface area contributed by atoms with Crippen LogP contribution in [0, 0.1) is 19.8 Å². The highest BCUT2D eigenvalue weighted by molar-refractivity contribution is 5.98. The van der Waals surface area contributed by atoms with Gasteiger partial charge in [0, 0.05) is 51.8 Å². The summed E-state index contributed by atoms with van der Waals surface area (Å²) in [6.07, 6.45) is 2.81. The minimum absolute atomic E-state index is 0.0672. The van der Waals surface area contributed by atoms with Crippen molar-refractivity contribution in [2.24, 2.45) is 11.7 Å². The number of aromatic nitrogens is 2. The van der Waals surface area contributed by atoms with Crippen LogP contribution in [-0.4, -0.2) is 56.0 Å². The molecule has 2 aromatic rings. The van der Waals surface area contributed by atoms with Gasteiger partial charge in [0.15, 0.2) is 0 Å². The Hall–Kier alpha value is -2.71. The molecule has 0 fully saturated rings. The molecule has 164 valence electrons. The van der Waals surface area contributed by atoms with E-state index in [1.165, 1.54) is 0 Å². The molecule has 0 bridgehead atoms. The van der Waals surface area contributed by atoms with E-state index in [1.54, 1.807) is 20.3 Å². The molecule has 8 heteroatoms. The molecule has 30 heavy (non-hydrogen) atoms. The molecule has 8 nitrogen and oxygen atoms in total. The van der Waals surface area contributed by atoms with E-state index < -0.39 is 5.91 Å². The van der Waals surface area contributed by atoms with Crippen molar-refractivity contribution in [3.05, 3.63) is 40.7 Å². The average Bonchev–Trinajstić information content (AvgIpc) is 2.99. The number of carbonyl (C=O) groups excluding carboxylic acids is 2. The second kappa shape index (κ2) is 11.5. The first-order chi connectivity index (χ1) is 14.4. The van der Waals surface area contributed by atoms with Gasteiger partial charge >= 0.3 is 0 Å². The van der Waals surface area contributed by atoms with Crippen LogP contribution in [0.25, 0.3) is 5.69 Å². The van der Waals surface area contributed by atoms with E-state index in [0.29, 0.717) is 43.9 Å². The fourth-order valence-corrected chi connectivity index (χ4v) is 3.43. The quantitative estimate of drug-likeness (QED) is 0.383. The van der Waals surface area contributed by atoms with Crippen molar-refractivity contribution in [3.8, 4) is 5.69 Å². The van der Waals surface area contributed by atoms with Gasteiger partial charge in [-0.1, -0.05) is 0 Å². The Labute approximate surface area is 177 Å². The Balaban J connectivity index is 2.41. The summed E-state index contributed by atoms with van der Waals surface area (Å²) in [5, 5.41) is 7.98. The van der Waals surface area contributed by atoms with Crippen molar-refractivity contribution in [2.75, 3.05) is 39.3 Å². The largest absolute Gasteiger partial charge is 0.385 e. The molecule has 1 atom stereocenters. The van der Waals surface area contributed by atoms with Crippen LogP contribution in [0.3, 0.4) is 0 Å². The summed E-state index contributed by atoms with van der Waals surface area (Å²) >= 11 is 0. The number of anilines is 1. The number of methoxy groups -OCH3 is 2. The van der Waals surface area contributed by atoms with Gasteiger partial charge in [-0.05, 0) is 56.4 Å². The van der Waals surface area contributed by atoms with Crippen LogP contribution in [0.5, 0.6) is 0 Å². The third kappa shape index (κ3) is 5.90. The van der Waals surface area contributed by atoms with Gasteiger partial charge in [0.25, 0.3) is 5.91 Å². The summed E-state index contributed by atoms with van der Waals surface area (Å²) in [7, 11) is 3.29. The highest BCUT2D eigenvalue weighted by Gasteiger charge is 2.19. The van der Waals surface area contributed by atoms with Crippen LogP contribution in [0.2, 0.25) is 0 Å². The van der Waals surface area contributed by atoms with Gasteiger partial charge in [0.1, 0.15) is 6.29 Å². The third-order valence-corrected chi connectivity index (χ3v) is 5.15. The Morgan fingerprint density at radius 3 is 2.70 bits per heavy atom. The SMILES string of the molecule is COCCCNc1cc(-n2nc(C)c(C)c2CC(CC=O)COC)ccc1C(N)=O. The first-order valence-electron chi connectivity index (χ1n) is 10.1. The number of rotatable bonds is 13. The maximum absolute atomic E-state index is 11.9. The lowest BCUT2D eigenvalue weighted by Gasteiger charge is -2.17. The smallest absolute Gasteiger partial charge is 0.250 e. The standard InChI is InChI=1S/C22H32N4O4/c1-15-16(2)25-26(21(15)12-17(8-10-27)14-30-4)18-6-7-19(22(23)28)20(13-18)24-9-5-11-29-3/h6-7,10,13,17,24H,5,8-9,11-12,14H2,1-4H3,(H2,23,28). The van der Waals surface area contributed by atoms with Crippen molar-refractivity contribution < 1.29 is 19.1 Å². The second-order valence-corrected chi connectivity index (χ2v) is 7.36. The average molecular weight is 417 g/mol. The second-order valence-electron chi connectivity index (χ2n) is 7.36. The molecule has 0 aliphatic carbocycles. The van der Waals surface area contributed by atoms with Crippen LogP contribution >= 0.6 is 0 Å². The summed E-state index contributed by atoms with van der Waals surface area (Å²) in [4.78, 5) is 22.9. The van der Waals surface area contributed by atoms with Gasteiger partial charge in [-0.2, -0.15) is 5.10 Å². The summed E-state index contributed by atoms with van der Waals surface area (Å²) in [6, 6.07) is 5.43. The van der Waals surface area contributed by atoms with Gasteiger partial charge in [-0.15, -0.1) is 0 Å². The number of nitrogens with two attached hydrogens (primary N) is 1. The summed E-state index contributed by atoms with van der Waals surface area (Å²) in [6.45, 7) is 5.76. The fourth-order valence-electron chi connectivity index (χ4n) is 3.43. The molecule has 3 N–H and O–H groups in total. The van der Waals surface area contributed by atoms with E-state index in [0.717, 1.165) is 35.3 Å². The predicted molar refractivity (Wildman–Crippen MR) is 116 cm³/mol. The van der Waals surface area contributed by atoms with E-state index in [-0.39, 0.29) is 5.92 Å². The highest BCUT2D eigenvalue weighted by atomic mass is 16.5. The van der Waals surface area contributed by atoms with Gasteiger partial charge < -0.3 is 25.3 Å². The number of primary amides is 1. The first kappa shape index (κ1) is 23.6. The first-order valence-corrected chi connectivity index (χ1v) is 10.1. The zero-order chi connectivity index (χ0) is 22.1. The summed E-state index contributed by atoms with van der Waals surface area (Å²) in [5.41, 5.74) is 10.5. The monoisotopic (exact) mass is 416 g/mol. The molecule has 1 unspecified atom stereocenters. The Bertz CT molecular complexity index is 863. The highest BCUT2D eigenvalue weighted by Crippen LogP contribution is 2.25. The van der Waals surface area contributed by atoms with Gasteiger partial charge in [-0.3, -0.25) is 4.79 Å². The lowest BCUT2D eigenvalue weighted by Crippen LogP contribution is -2.17. The van der Waals surface area contributed by atoms with Crippen LogP contribution in [-0.2, 0) is 20.7 Å². The van der Waals surface area contributed by atoms with Crippen molar-refractivity contribution in [3.63, 3.8) is 0 Å². The molecule has 0 radical (unpaired) electrons. The Morgan fingerprint density at radius 1 is 1.30 bits per heavy atom. The van der Waals surface area contributed by atoms with E-state index >= 15 is 0 Å². The molecular weight excluding hydrogens is 384 g/mol. The normalized spacial score (nSPS) is 12.0. The topological polar surface area (TPSA) is 108 Å². The van der Waals surface area contributed by atoms with Crippen molar-refractivity contribution in [2.45, 2.75) is 33.1 Å². The number of ether oxygens (including phenoxy) is 2. The molecule has 0 aliphatic heterocycles. The number of benzene rings is 1. The van der Waals surface area contributed by atoms with Gasteiger partial charge in [-0.25, -0.2) is 4.68 Å². The van der Waals surface area contributed by atoms with Crippen LogP contribution < -0.4 is 11.1 Å². The molecule has 1 amide bonds. The van der Waals surface area contributed by atoms with E-state index in [2.05, 4.69) is 5.32 Å². The number of aldehydes is 1. The predicted octanol–water partition coefficient (Wildman–Crippen LogP) is 2.43. The molecule has 1 aromatic heterocycles. The Kier molecular flexibility index (Phi) is 9.01. The van der Waals surface area contributed by atoms with Gasteiger partial charge in [0.05, 0.1) is 16.9 Å². The van der Waals surface area contributed by atoms with Crippen LogP contribution in [0.4, 0.5) is 5.69 Å². The fraction of sp³-hybridized carbons (Fsp3) is 0.500. The zero-order valence-electron chi connectivity index (χ0n) is 18.2. The molecule has 2 rings (SSSR count). The number of carbonyl (C=O) groups is 2. The van der Waals surface area contributed by atoms with Crippen LogP contribution in [0.15, 0.2) is 18.2 Å². The Morgan fingerprint density at radius 2 is 2.07 bits per heavy atom. The van der Waals surface area contributed by atoms with Crippen LogP contribution in [0.1, 0.15) is 40.2 Å². The number of amides is 1. The van der Waals surface area contributed by atoms with Crippen molar-refractivity contribution in [1.82, 2.24) is 9.78 Å². The van der Waals surface area contributed by atoms with Crippen molar-refractivity contribution >= 4 is 17.9 Å². The molecule has 0 saturated heterocycles.